The summed E-state index contributed by atoms with van der Waals surface area (Å²) in [5.41, 5.74) is 1.77. The van der Waals surface area contributed by atoms with Crippen molar-refractivity contribution in [2.45, 2.75) is 45.1 Å². The van der Waals surface area contributed by atoms with Crippen molar-refractivity contribution in [1.29, 1.82) is 0 Å². The molecule has 0 aromatic heterocycles. The number of hydrogen-bond donors (Lipinski definition) is 1. The number of nitrogens with one attached hydrogen (secondary N) is 1. The molecule has 0 aliphatic carbocycles. The Bertz CT molecular complexity index is 1190. The van der Waals surface area contributed by atoms with Crippen LogP contribution in [0.25, 0.3) is 0 Å². The zero-order chi connectivity index (χ0) is 26.9. The fraction of sp³-hybridized carbons (Fsp3) is 0.483. The Balaban J connectivity index is 1.29. The lowest BCUT2D eigenvalue weighted by Crippen LogP contribution is -2.58. The highest BCUT2D eigenvalue weighted by molar-refractivity contribution is 6.31. The number of likely N-dealkylation sites (tertiary alicyclic amines) is 2. The SMILES string of the molecule is Cc1ccc(NC(=O)N2CCC3(CC2)C(=O)N(CC(=O)N2CCC(C)CC2)CN3c2ccccc2)cc1Cl. The molecule has 8 nitrogen and oxygen atoms in total. The molecule has 3 saturated heterocycles. The highest BCUT2D eigenvalue weighted by Crippen LogP contribution is 2.39. The molecule has 4 amide bonds. The maximum absolute atomic E-state index is 14.0. The molecule has 202 valence electrons. The minimum Gasteiger partial charge on any atom is -0.341 e. The Hall–Kier alpha value is -3.26. The maximum Gasteiger partial charge on any atom is 0.321 e. The summed E-state index contributed by atoms with van der Waals surface area (Å²) in [6.07, 6.45) is 3.00. The Morgan fingerprint density at radius 1 is 1.00 bits per heavy atom. The number of amides is 4. The third-order valence-corrected chi connectivity index (χ3v) is 8.75. The van der Waals surface area contributed by atoms with Crippen molar-refractivity contribution in [1.82, 2.24) is 14.7 Å². The number of hydrogen-bond acceptors (Lipinski definition) is 4. The van der Waals surface area contributed by atoms with Crippen LogP contribution in [0.15, 0.2) is 48.5 Å². The van der Waals surface area contributed by atoms with E-state index in [1.165, 1.54) is 0 Å². The molecular formula is C29H36ClN5O3. The summed E-state index contributed by atoms with van der Waals surface area (Å²) >= 11 is 6.22. The summed E-state index contributed by atoms with van der Waals surface area (Å²) in [7, 11) is 0. The number of carbonyl (C=O) groups is 3. The van der Waals surface area contributed by atoms with Crippen molar-refractivity contribution in [3.63, 3.8) is 0 Å². The Kier molecular flexibility index (Phi) is 7.52. The average Bonchev–Trinajstić information content (AvgIpc) is 3.18. The largest absolute Gasteiger partial charge is 0.341 e. The molecule has 2 aromatic rings. The highest BCUT2D eigenvalue weighted by atomic mass is 35.5. The number of halogens is 1. The predicted octanol–water partition coefficient (Wildman–Crippen LogP) is 4.58. The molecule has 2 aromatic carbocycles. The van der Waals surface area contributed by atoms with E-state index in [0.29, 0.717) is 49.2 Å². The van der Waals surface area contributed by atoms with Gasteiger partial charge < -0.3 is 24.9 Å². The van der Waals surface area contributed by atoms with Crippen LogP contribution in [0.5, 0.6) is 0 Å². The lowest BCUT2D eigenvalue weighted by Gasteiger charge is -2.43. The number of aryl methyl sites for hydroxylation is 1. The lowest BCUT2D eigenvalue weighted by molar-refractivity contribution is -0.141. The first kappa shape index (κ1) is 26.4. The van der Waals surface area contributed by atoms with Gasteiger partial charge in [-0.15, -0.1) is 0 Å². The molecule has 0 unspecified atom stereocenters. The number of benzene rings is 2. The molecule has 3 aliphatic heterocycles. The van der Waals surface area contributed by atoms with Gasteiger partial charge in [0, 0.05) is 42.6 Å². The fourth-order valence-corrected chi connectivity index (χ4v) is 5.98. The third kappa shape index (κ3) is 5.19. The van der Waals surface area contributed by atoms with E-state index in [0.717, 1.165) is 37.2 Å². The summed E-state index contributed by atoms with van der Waals surface area (Å²) in [6.45, 7) is 6.98. The van der Waals surface area contributed by atoms with E-state index in [9.17, 15) is 14.4 Å². The van der Waals surface area contributed by atoms with Gasteiger partial charge >= 0.3 is 6.03 Å². The van der Waals surface area contributed by atoms with E-state index in [1.54, 1.807) is 15.9 Å². The first-order chi connectivity index (χ1) is 18.3. The number of rotatable bonds is 4. The first-order valence-corrected chi connectivity index (χ1v) is 13.9. The molecule has 1 spiro atoms. The highest BCUT2D eigenvalue weighted by Gasteiger charge is 2.54. The van der Waals surface area contributed by atoms with Crippen molar-refractivity contribution >= 4 is 40.8 Å². The minimum atomic E-state index is -0.776. The number of anilines is 2. The monoisotopic (exact) mass is 537 g/mol. The molecular weight excluding hydrogens is 502 g/mol. The van der Waals surface area contributed by atoms with Crippen molar-refractivity contribution < 1.29 is 14.4 Å². The summed E-state index contributed by atoms with van der Waals surface area (Å²) < 4.78 is 0. The quantitative estimate of drug-likeness (QED) is 0.619. The van der Waals surface area contributed by atoms with Crippen molar-refractivity contribution in [2.75, 3.05) is 49.6 Å². The Morgan fingerprint density at radius 3 is 2.34 bits per heavy atom. The molecule has 9 heteroatoms. The van der Waals surface area contributed by atoms with Crippen LogP contribution in [0.2, 0.25) is 5.02 Å². The molecule has 38 heavy (non-hydrogen) atoms. The van der Waals surface area contributed by atoms with Gasteiger partial charge in [-0.2, -0.15) is 0 Å². The molecule has 3 aliphatic rings. The molecule has 0 saturated carbocycles. The molecule has 0 atom stereocenters. The topological polar surface area (TPSA) is 76.2 Å². The molecule has 0 bridgehead atoms. The van der Waals surface area contributed by atoms with Crippen molar-refractivity contribution in [2.24, 2.45) is 5.92 Å². The van der Waals surface area contributed by atoms with E-state index in [-0.39, 0.29) is 24.4 Å². The second-order valence-electron chi connectivity index (χ2n) is 10.9. The van der Waals surface area contributed by atoms with E-state index in [4.69, 9.17) is 11.6 Å². The summed E-state index contributed by atoms with van der Waals surface area (Å²) in [5, 5.41) is 3.53. The maximum atomic E-state index is 14.0. The van der Waals surface area contributed by atoms with Crippen LogP contribution >= 0.6 is 11.6 Å². The predicted molar refractivity (Wildman–Crippen MR) is 149 cm³/mol. The number of piperidine rings is 2. The zero-order valence-electron chi connectivity index (χ0n) is 22.2. The second-order valence-corrected chi connectivity index (χ2v) is 11.3. The first-order valence-electron chi connectivity index (χ1n) is 13.5. The summed E-state index contributed by atoms with van der Waals surface area (Å²) in [6, 6.07) is 15.1. The minimum absolute atomic E-state index is 0.0175. The normalized spacial score (nSPS) is 19.8. The Morgan fingerprint density at radius 2 is 1.68 bits per heavy atom. The summed E-state index contributed by atoms with van der Waals surface area (Å²) in [5.74, 6) is 0.629. The van der Waals surface area contributed by atoms with Gasteiger partial charge in [-0.05, 0) is 68.4 Å². The van der Waals surface area contributed by atoms with Gasteiger partial charge in [0.05, 0.1) is 6.67 Å². The number of para-hydroxylation sites is 1. The van der Waals surface area contributed by atoms with Crippen LogP contribution in [0, 0.1) is 12.8 Å². The van der Waals surface area contributed by atoms with Gasteiger partial charge in [-0.3, -0.25) is 9.59 Å². The van der Waals surface area contributed by atoms with Gasteiger partial charge in [0.2, 0.25) is 5.91 Å². The van der Waals surface area contributed by atoms with Crippen LogP contribution in [-0.4, -0.2) is 77.5 Å². The van der Waals surface area contributed by atoms with Gasteiger partial charge in [-0.25, -0.2) is 4.79 Å². The zero-order valence-corrected chi connectivity index (χ0v) is 22.9. The molecule has 5 rings (SSSR count). The number of urea groups is 1. The molecule has 1 N–H and O–H groups in total. The number of carbonyl (C=O) groups excluding carboxylic acids is 3. The summed E-state index contributed by atoms with van der Waals surface area (Å²) in [4.78, 5) is 47.6. The fourth-order valence-electron chi connectivity index (χ4n) is 5.80. The van der Waals surface area contributed by atoms with Gasteiger partial charge in [0.1, 0.15) is 12.1 Å². The number of nitrogens with zero attached hydrogens (tertiary/aromatic N) is 4. The standard InChI is InChI=1S/C29H36ClN5O3/c1-21-10-14-32(15-11-21)26(36)19-34-20-35(24-6-4-3-5-7-24)29(27(34)37)12-16-33(17-13-29)28(38)31-23-9-8-22(2)25(30)18-23/h3-9,18,21H,10-17,19-20H2,1-2H3,(H,31,38). The van der Waals surface area contributed by atoms with E-state index in [1.807, 2.05) is 54.3 Å². The smallest absolute Gasteiger partial charge is 0.321 e. The average molecular weight is 538 g/mol. The van der Waals surface area contributed by atoms with Gasteiger partial charge in [0.15, 0.2) is 0 Å². The molecule has 0 radical (unpaired) electrons. The third-order valence-electron chi connectivity index (χ3n) is 8.35. The van der Waals surface area contributed by atoms with Crippen LogP contribution in [0.4, 0.5) is 16.2 Å². The molecule has 3 fully saturated rings. The van der Waals surface area contributed by atoms with E-state index < -0.39 is 5.54 Å². The molecule has 3 heterocycles. The van der Waals surface area contributed by atoms with Crippen LogP contribution in [0.1, 0.15) is 38.2 Å². The van der Waals surface area contributed by atoms with Gasteiger partial charge in [-0.1, -0.05) is 42.8 Å². The lowest BCUT2D eigenvalue weighted by atomic mass is 9.85. The van der Waals surface area contributed by atoms with Crippen LogP contribution < -0.4 is 10.2 Å². The van der Waals surface area contributed by atoms with E-state index in [2.05, 4.69) is 17.1 Å². The van der Waals surface area contributed by atoms with Crippen LogP contribution in [0.3, 0.4) is 0 Å². The van der Waals surface area contributed by atoms with Crippen molar-refractivity contribution in [3.8, 4) is 0 Å². The second kappa shape index (κ2) is 10.8. The van der Waals surface area contributed by atoms with Crippen molar-refractivity contribution in [3.05, 3.63) is 59.1 Å². The van der Waals surface area contributed by atoms with E-state index >= 15 is 0 Å². The van der Waals surface area contributed by atoms with Crippen LogP contribution in [-0.2, 0) is 9.59 Å². The van der Waals surface area contributed by atoms with Gasteiger partial charge in [0.25, 0.3) is 5.91 Å². The Labute approximate surface area is 229 Å².